The molecule has 7 N–H and O–H groups in total. The number of nitro groups is 2. The van der Waals surface area contributed by atoms with Gasteiger partial charge < -0.3 is 60.1 Å². The van der Waals surface area contributed by atoms with Crippen LogP contribution >= 0.6 is 0 Å². The number of H-pyrrole nitrogens is 1. The first-order chi connectivity index (χ1) is 41.2. The second-order valence-electron chi connectivity index (χ2n) is 18.5. The van der Waals surface area contributed by atoms with E-state index in [1.54, 1.807) is 61.1 Å². The maximum atomic E-state index is 12.8. The Labute approximate surface area is 547 Å². The summed E-state index contributed by atoms with van der Waals surface area (Å²) in [5, 5.41) is 23.4. The Morgan fingerprint density at radius 3 is 1.47 bits per heavy atom. The summed E-state index contributed by atoms with van der Waals surface area (Å²) >= 11 is 0. The number of hydrogen-bond donors (Lipinski definition) is 4. The van der Waals surface area contributed by atoms with Crippen molar-refractivity contribution in [2.45, 2.75) is 93.3 Å². The maximum absolute atomic E-state index is 12.8. The number of hydrogen-bond acceptors (Lipinski definition) is 24. The van der Waals surface area contributed by atoms with Gasteiger partial charge in [-0.05, 0) is 95.2 Å². The van der Waals surface area contributed by atoms with E-state index in [2.05, 4.69) is 34.9 Å². The molecule has 0 aliphatic carbocycles. The Morgan fingerprint density at radius 1 is 0.596 bits per heavy atom. The third-order valence-corrected chi connectivity index (χ3v) is 12.7. The largest absolute Gasteiger partial charge is 0.492 e. The van der Waals surface area contributed by atoms with E-state index in [-0.39, 0.29) is 157 Å². The van der Waals surface area contributed by atoms with Gasteiger partial charge in [0.15, 0.2) is 5.82 Å². The van der Waals surface area contributed by atoms with Crippen LogP contribution in [-0.2, 0) is 47.7 Å². The topological polar surface area (TPSA) is 394 Å². The number of nitrogen functional groups attached to an aromatic ring is 3. The Balaban J connectivity index is 0.000000280. The molecule has 0 saturated carbocycles. The summed E-state index contributed by atoms with van der Waals surface area (Å²) in [5.41, 5.74) is 18.8. The van der Waals surface area contributed by atoms with Crippen LogP contribution in [0.1, 0.15) is 90.7 Å². The van der Waals surface area contributed by atoms with Crippen LogP contribution in [0.2, 0.25) is 0 Å². The van der Waals surface area contributed by atoms with Gasteiger partial charge >= 0.3 is 29.3 Å². The molecule has 0 unspecified atom stereocenters. The van der Waals surface area contributed by atoms with Gasteiger partial charge in [-0.1, -0.05) is 27.0 Å². The van der Waals surface area contributed by atoms with Gasteiger partial charge in [0.05, 0.1) is 81.2 Å². The van der Waals surface area contributed by atoms with Crippen molar-refractivity contribution in [3.05, 3.63) is 133 Å². The third-order valence-electron chi connectivity index (χ3n) is 12.7. The predicted molar refractivity (Wildman–Crippen MR) is 321 cm³/mol. The summed E-state index contributed by atoms with van der Waals surface area (Å²) < 4.78 is 46.1. The Hall–Kier alpha value is -8.91. The van der Waals surface area contributed by atoms with Crippen LogP contribution < -0.4 is 61.1 Å². The number of carbonyl (C=O) groups excluding carboxylic acids is 2. The van der Waals surface area contributed by atoms with Gasteiger partial charge in [0.2, 0.25) is 29.3 Å². The van der Waals surface area contributed by atoms with Crippen molar-refractivity contribution in [3.8, 4) is 34.9 Å². The van der Waals surface area contributed by atoms with Gasteiger partial charge in [0.1, 0.15) is 57.8 Å². The molecule has 7 aromatic rings. The first kappa shape index (κ1) is 72.6. The number of aromatic amines is 1. The fourth-order valence-corrected chi connectivity index (χ4v) is 8.76. The molecule has 30 nitrogen and oxygen atoms in total. The number of nitrogens with one attached hydrogen (secondary N) is 1. The molecular formula is C57H71N15O15UV. The zero-order valence-electron chi connectivity index (χ0n) is 47.5. The summed E-state index contributed by atoms with van der Waals surface area (Å²) in [6, 6.07) is 14.9. The quantitative estimate of drug-likeness (QED) is 0.0725. The number of anilines is 5. The summed E-state index contributed by atoms with van der Waals surface area (Å²) in [5.74, 6) is 1.72. The van der Waals surface area contributed by atoms with Crippen molar-refractivity contribution in [3.63, 3.8) is 0 Å². The minimum Gasteiger partial charge on any atom is -0.492 e. The molecule has 7 aromatic heterocycles. The number of nitrogens with two attached hydrogens (primary N) is 3. The molecule has 0 spiro atoms. The van der Waals surface area contributed by atoms with Crippen LogP contribution in [-0.4, -0.2) is 114 Å². The van der Waals surface area contributed by atoms with Crippen LogP contribution in [0.4, 0.5) is 49.8 Å². The smallest absolute Gasteiger partial charge is 0.414 e. The molecule has 3 aliphatic rings. The van der Waals surface area contributed by atoms with E-state index in [0.717, 1.165) is 48.3 Å². The Morgan fingerprint density at radius 2 is 1.01 bits per heavy atom. The van der Waals surface area contributed by atoms with Gasteiger partial charge in [-0.2, -0.15) is 15.0 Å². The van der Waals surface area contributed by atoms with E-state index >= 15 is 0 Å². The second kappa shape index (κ2) is 35.8. The van der Waals surface area contributed by atoms with Gasteiger partial charge in [-0.15, -0.1) is 0 Å². The molecule has 0 saturated heterocycles. The number of ether oxygens (including phenoxy) is 8. The monoisotopic (exact) mass is 1490 g/mol. The number of imidazole rings is 1. The summed E-state index contributed by atoms with van der Waals surface area (Å²) in [6.45, 7) is 5.94. The van der Waals surface area contributed by atoms with Crippen molar-refractivity contribution in [2.75, 3.05) is 79.9 Å². The van der Waals surface area contributed by atoms with Gasteiger partial charge in [0, 0.05) is 86.5 Å². The van der Waals surface area contributed by atoms with E-state index in [0.29, 0.717) is 84.1 Å². The molecule has 6 bridgehead atoms. The number of pyridine rings is 6. The molecule has 0 fully saturated rings. The van der Waals surface area contributed by atoms with Crippen molar-refractivity contribution >= 4 is 63.4 Å². The Kier molecular flexibility index (Phi) is 29.2. The van der Waals surface area contributed by atoms with E-state index in [9.17, 15) is 34.6 Å². The van der Waals surface area contributed by atoms with E-state index < -0.39 is 33.4 Å². The van der Waals surface area contributed by atoms with E-state index in [1.165, 1.54) is 18.3 Å². The molecule has 89 heavy (non-hydrogen) atoms. The fraction of sp³-hybridized carbons (Fsp3) is 0.386. The first-order valence-electron chi connectivity index (χ1n) is 27.1. The number of rotatable bonds is 4. The molecule has 10 heterocycles. The molecular weight excluding hydrogens is 1420 g/mol. The summed E-state index contributed by atoms with van der Waals surface area (Å²) in [7, 11) is 0. The van der Waals surface area contributed by atoms with E-state index in [4.69, 9.17) is 55.1 Å². The van der Waals surface area contributed by atoms with Crippen LogP contribution in [0, 0.1) is 51.3 Å². The molecule has 0 atom stereocenters. The first-order valence-corrected chi connectivity index (χ1v) is 27.1. The van der Waals surface area contributed by atoms with E-state index in [1.807, 2.05) is 24.3 Å². The van der Waals surface area contributed by atoms with Crippen LogP contribution in [0.15, 0.2) is 90.1 Å². The maximum Gasteiger partial charge on any atom is 0.414 e. The molecule has 3 aliphatic heterocycles. The fourth-order valence-electron chi connectivity index (χ4n) is 8.76. The van der Waals surface area contributed by atoms with Gasteiger partial charge in [-0.3, -0.25) is 49.5 Å². The van der Waals surface area contributed by atoms with Crippen molar-refractivity contribution < 1.29 is 107 Å². The van der Waals surface area contributed by atoms with Crippen LogP contribution in [0.5, 0.6) is 34.9 Å². The van der Waals surface area contributed by atoms with Gasteiger partial charge in [0.25, 0.3) is 0 Å². The zero-order valence-corrected chi connectivity index (χ0v) is 53.1. The third kappa shape index (κ3) is 19.3. The molecule has 1 radical (unpaired) electrons. The minimum atomic E-state index is -0.805. The van der Waals surface area contributed by atoms with Crippen molar-refractivity contribution in [1.29, 1.82) is 0 Å². The number of nitrogens with zero attached hydrogens (tertiary/aromatic N) is 11. The van der Waals surface area contributed by atoms with Gasteiger partial charge in [-0.25, -0.2) is 14.4 Å². The standard InChI is InChI=1S/C19H23N5O6.C19H21N5O6.C17H19N5O3.2CH4.U.V/c2*1-2-28-19(25)23-12-13-15(7-6-8-21-13)29-9-4-3-5-10-30-16-11-14(23)17(24(26)27)18(20)22-16;18-16-15-12-9-14(20-16)25-8-3-1-2-7-24-13-5-4-6-19-11(13)10-22(12)17(23)21-15;;;;/h6-8,11H,2-5,9-10,12H2,1H3,(H2,20,22);3-4,6-8,11H,2,5,9-10,12H2,1H3,(H2,20,22);4-6,9H,1-3,7-8,10H2,(H2,18,20)(H,21,23);2*1H4;;. The summed E-state index contributed by atoms with van der Waals surface area (Å²) in [6.07, 6.45) is 12.6. The number of aromatic nitrogens is 8. The molecule has 0 aromatic carbocycles. The number of carbonyl (C=O) groups is 2. The molecule has 10 rings (SSSR count). The molecule has 32 heteroatoms. The zero-order chi connectivity index (χ0) is 60.2. The summed E-state index contributed by atoms with van der Waals surface area (Å²) in [4.78, 5) is 89.9. The Bertz CT molecular complexity index is 3600. The second-order valence-corrected chi connectivity index (χ2v) is 18.5. The van der Waals surface area contributed by atoms with Crippen LogP contribution in [0.25, 0.3) is 11.0 Å². The predicted octanol–water partition coefficient (Wildman–Crippen LogP) is 8.88. The SMILES string of the molecule is C.C.CCOC(=O)N1Cc2ncccc2OCC=CCCOc2cc1c([N+](=O)[O-])c(N)n2.CCOC(=O)N1Cc2ncccc2OCCCCCOc2cc1c([N+](=O)[O-])c(N)n2.Nc1nc2cc3c1[nH]c(=O)n3Cc1ncccc1OCCCCCO2.[U].[V]. The molecule has 473 valence electrons. The minimum absolute atomic E-state index is 0. The normalized spacial score (nSPS) is 13.9. The number of fused-ring (bicyclic) bond motifs is 8. The number of amides is 2. The molecule has 2 amide bonds. The van der Waals surface area contributed by atoms with Crippen molar-refractivity contribution in [1.82, 2.24) is 39.5 Å². The average molecular weight is 1500 g/mol. The van der Waals surface area contributed by atoms with Crippen molar-refractivity contribution in [2.24, 2.45) is 0 Å². The van der Waals surface area contributed by atoms with Crippen LogP contribution in [0.3, 0.4) is 0 Å². The average Bonchev–Trinajstić information content (AvgIpc) is 2.58.